The molecule has 0 aliphatic carbocycles. The summed E-state index contributed by atoms with van der Waals surface area (Å²) in [5, 5.41) is 9.62. The molecule has 2 rings (SSSR count). The first-order chi connectivity index (χ1) is 8.83. The number of nitrogens with zero attached hydrogens (tertiary/aromatic N) is 1. The minimum Gasteiger partial charge on any atom is -0.395 e. The lowest BCUT2D eigenvalue weighted by molar-refractivity contribution is 0.305. The molecule has 0 saturated heterocycles. The van der Waals surface area contributed by atoms with Gasteiger partial charge in [-0.3, -0.25) is 0 Å². The number of aromatic nitrogens is 1. The maximum Gasteiger partial charge on any atom is 0.123 e. The fourth-order valence-electron chi connectivity index (χ4n) is 1.45. The van der Waals surface area contributed by atoms with Crippen LogP contribution in [0, 0.1) is 11.8 Å². The molecule has 0 spiro atoms. The third kappa shape index (κ3) is 3.17. The van der Waals surface area contributed by atoms with E-state index in [9.17, 15) is 0 Å². The number of aliphatic hydroxyl groups is 1. The summed E-state index contributed by atoms with van der Waals surface area (Å²) in [4.78, 5) is 5.41. The zero-order chi connectivity index (χ0) is 12.8. The molecule has 18 heavy (non-hydrogen) atoms. The van der Waals surface area contributed by atoms with Crippen LogP contribution in [-0.2, 0) is 6.54 Å². The Kier molecular flexibility index (Phi) is 4.48. The van der Waals surface area contributed by atoms with Crippen LogP contribution in [0.15, 0.2) is 30.5 Å². The van der Waals surface area contributed by atoms with Crippen molar-refractivity contribution >= 4 is 11.3 Å². The van der Waals surface area contributed by atoms with Gasteiger partial charge in [0.15, 0.2) is 0 Å². The van der Waals surface area contributed by atoms with Crippen molar-refractivity contribution < 1.29 is 5.11 Å². The largest absolute Gasteiger partial charge is 0.395 e. The number of benzene rings is 1. The fourth-order valence-corrected chi connectivity index (χ4v) is 2.25. The zero-order valence-corrected chi connectivity index (χ0v) is 10.7. The van der Waals surface area contributed by atoms with Gasteiger partial charge in [-0.1, -0.05) is 24.0 Å². The lowest BCUT2D eigenvalue weighted by atomic mass is 10.1. The third-order valence-electron chi connectivity index (χ3n) is 2.36. The average Bonchev–Trinajstić information content (AvgIpc) is 2.89. The van der Waals surface area contributed by atoms with Crippen molar-refractivity contribution in [2.75, 3.05) is 6.61 Å². The fraction of sp³-hybridized carbons (Fsp3) is 0.214. The van der Waals surface area contributed by atoms with E-state index in [1.165, 1.54) is 0 Å². The van der Waals surface area contributed by atoms with Crippen LogP contribution in [0.3, 0.4) is 0 Å². The van der Waals surface area contributed by atoms with Crippen LogP contribution in [0.1, 0.15) is 16.9 Å². The number of thiazole rings is 1. The first-order valence-corrected chi connectivity index (χ1v) is 6.50. The van der Waals surface area contributed by atoms with E-state index >= 15 is 0 Å². The first-order valence-electron chi connectivity index (χ1n) is 5.68. The molecule has 0 saturated carbocycles. The highest BCUT2D eigenvalue weighted by molar-refractivity contribution is 7.15. The summed E-state index contributed by atoms with van der Waals surface area (Å²) < 4.78 is 0. The predicted molar refractivity (Wildman–Crippen MR) is 74.0 cm³/mol. The van der Waals surface area contributed by atoms with Crippen LogP contribution in [0.2, 0.25) is 0 Å². The summed E-state index contributed by atoms with van der Waals surface area (Å²) in [6.07, 6.45) is 2.32. The van der Waals surface area contributed by atoms with Gasteiger partial charge in [0.25, 0.3) is 0 Å². The predicted octanol–water partition coefficient (Wildman–Crippen LogP) is 2.00. The standard InChI is InChI=1S/C14H14N2OS/c15-9-13-10-16-14(18-13)12-6-4-11(5-7-12)3-1-2-8-17/h4-7,10,17H,2,8-9,15H2. The molecule has 0 bridgehead atoms. The van der Waals surface area contributed by atoms with Gasteiger partial charge in [-0.25, -0.2) is 4.98 Å². The summed E-state index contributed by atoms with van der Waals surface area (Å²) in [5.74, 6) is 5.89. The van der Waals surface area contributed by atoms with Crippen LogP contribution >= 0.6 is 11.3 Å². The molecule has 2 aromatic rings. The summed E-state index contributed by atoms with van der Waals surface area (Å²) in [5.41, 5.74) is 7.59. The van der Waals surface area contributed by atoms with Crippen molar-refractivity contribution in [3.05, 3.63) is 40.9 Å². The topological polar surface area (TPSA) is 59.1 Å². The molecule has 1 heterocycles. The maximum atomic E-state index is 8.64. The van der Waals surface area contributed by atoms with E-state index in [1.807, 2.05) is 30.5 Å². The summed E-state index contributed by atoms with van der Waals surface area (Å²) in [7, 11) is 0. The Labute approximate surface area is 110 Å². The quantitative estimate of drug-likeness (QED) is 0.828. The van der Waals surface area contributed by atoms with E-state index in [0.717, 1.165) is 21.0 Å². The van der Waals surface area contributed by atoms with Gasteiger partial charge in [-0.2, -0.15) is 0 Å². The van der Waals surface area contributed by atoms with Gasteiger partial charge in [-0.15, -0.1) is 11.3 Å². The van der Waals surface area contributed by atoms with E-state index in [0.29, 0.717) is 13.0 Å². The van der Waals surface area contributed by atoms with Crippen LogP contribution in [-0.4, -0.2) is 16.7 Å². The van der Waals surface area contributed by atoms with E-state index in [2.05, 4.69) is 16.8 Å². The van der Waals surface area contributed by atoms with Crippen LogP contribution in [0.5, 0.6) is 0 Å². The van der Waals surface area contributed by atoms with E-state index in [1.54, 1.807) is 11.3 Å². The van der Waals surface area contributed by atoms with Gasteiger partial charge in [0.2, 0.25) is 0 Å². The van der Waals surface area contributed by atoms with Crippen molar-refractivity contribution in [3.8, 4) is 22.4 Å². The Hall–Kier alpha value is -1.67. The second-order valence-corrected chi connectivity index (χ2v) is 4.80. The van der Waals surface area contributed by atoms with Gasteiger partial charge < -0.3 is 10.8 Å². The molecular formula is C14H14N2OS. The molecule has 4 heteroatoms. The van der Waals surface area contributed by atoms with E-state index in [4.69, 9.17) is 10.8 Å². The molecule has 0 aliphatic rings. The van der Waals surface area contributed by atoms with E-state index < -0.39 is 0 Å². The molecule has 3 nitrogen and oxygen atoms in total. The molecule has 1 aromatic carbocycles. The van der Waals surface area contributed by atoms with Crippen molar-refractivity contribution in [1.29, 1.82) is 0 Å². The van der Waals surface area contributed by atoms with Gasteiger partial charge in [0.05, 0.1) is 6.61 Å². The van der Waals surface area contributed by atoms with Crippen molar-refractivity contribution in [2.24, 2.45) is 5.73 Å². The Morgan fingerprint density at radius 2 is 2.06 bits per heavy atom. The Balaban J connectivity index is 2.15. The van der Waals surface area contributed by atoms with Gasteiger partial charge >= 0.3 is 0 Å². The molecule has 3 N–H and O–H groups in total. The second-order valence-electron chi connectivity index (χ2n) is 3.69. The highest BCUT2D eigenvalue weighted by atomic mass is 32.1. The SMILES string of the molecule is NCc1cnc(-c2ccc(C#CCCO)cc2)s1. The summed E-state index contributed by atoms with van der Waals surface area (Å²) in [6, 6.07) is 7.93. The number of nitrogens with two attached hydrogens (primary N) is 1. The minimum absolute atomic E-state index is 0.103. The third-order valence-corrected chi connectivity index (χ3v) is 3.42. The molecular weight excluding hydrogens is 244 g/mol. The molecule has 0 unspecified atom stereocenters. The van der Waals surface area contributed by atoms with Crippen LogP contribution in [0.4, 0.5) is 0 Å². The summed E-state index contributed by atoms with van der Waals surface area (Å²) in [6.45, 7) is 0.633. The van der Waals surface area contributed by atoms with Crippen molar-refractivity contribution in [2.45, 2.75) is 13.0 Å². The molecule has 0 fully saturated rings. The lowest BCUT2D eigenvalue weighted by Gasteiger charge is -1.96. The Morgan fingerprint density at radius 3 is 2.67 bits per heavy atom. The second kappa shape index (κ2) is 6.31. The highest BCUT2D eigenvalue weighted by Gasteiger charge is 2.03. The monoisotopic (exact) mass is 258 g/mol. The molecule has 1 aromatic heterocycles. The van der Waals surface area contributed by atoms with Gasteiger partial charge in [-0.05, 0) is 12.1 Å². The molecule has 0 amide bonds. The number of aliphatic hydroxyl groups excluding tert-OH is 1. The van der Waals surface area contributed by atoms with Crippen LogP contribution in [0.25, 0.3) is 10.6 Å². The van der Waals surface area contributed by atoms with Crippen LogP contribution < -0.4 is 5.73 Å². The average molecular weight is 258 g/mol. The number of hydrogen-bond acceptors (Lipinski definition) is 4. The number of hydrogen-bond donors (Lipinski definition) is 2. The lowest BCUT2D eigenvalue weighted by Crippen LogP contribution is -1.91. The number of rotatable bonds is 3. The zero-order valence-electron chi connectivity index (χ0n) is 9.89. The maximum absolute atomic E-state index is 8.64. The highest BCUT2D eigenvalue weighted by Crippen LogP contribution is 2.24. The van der Waals surface area contributed by atoms with Crippen molar-refractivity contribution in [1.82, 2.24) is 4.98 Å². The first kappa shape index (κ1) is 12.8. The van der Waals surface area contributed by atoms with Crippen molar-refractivity contribution in [3.63, 3.8) is 0 Å². The Morgan fingerprint density at radius 1 is 1.28 bits per heavy atom. The minimum atomic E-state index is 0.103. The molecule has 0 radical (unpaired) electrons. The summed E-state index contributed by atoms with van der Waals surface area (Å²) >= 11 is 1.61. The normalized spacial score (nSPS) is 9.89. The molecule has 92 valence electrons. The van der Waals surface area contributed by atoms with E-state index in [-0.39, 0.29) is 6.61 Å². The Bertz CT molecular complexity index is 563. The van der Waals surface area contributed by atoms with Gasteiger partial charge in [0.1, 0.15) is 5.01 Å². The molecule has 0 atom stereocenters. The van der Waals surface area contributed by atoms with Gasteiger partial charge in [0, 0.05) is 35.2 Å². The smallest absolute Gasteiger partial charge is 0.123 e. The molecule has 0 aliphatic heterocycles.